The van der Waals surface area contributed by atoms with E-state index in [1.807, 2.05) is 12.3 Å². The Hall–Kier alpha value is -2.16. The molecule has 0 aliphatic heterocycles. The van der Waals surface area contributed by atoms with Gasteiger partial charge in [0.1, 0.15) is 11.0 Å². The van der Waals surface area contributed by atoms with Gasteiger partial charge in [0.2, 0.25) is 0 Å². The van der Waals surface area contributed by atoms with E-state index in [1.165, 1.54) is 11.3 Å². The highest BCUT2D eigenvalue weighted by Gasteiger charge is 2.22. The van der Waals surface area contributed by atoms with Gasteiger partial charge in [-0.1, -0.05) is 0 Å². The molecule has 1 rings (SSSR count). The van der Waals surface area contributed by atoms with E-state index in [2.05, 4.69) is 15.6 Å². The second-order valence-electron chi connectivity index (χ2n) is 3.70. The maximum Gasteiger partial charge on any atom is 0.326 e. The zero-order chi connectivity index (χ0) is 14.4. The molecule has 0 aliphatic rings. The lowest BCUT2D eigenvalue weighted by molar-refractivity contribution is -0.145. The molecule has 0 spiro atoms. The van der Waals surface area contributed by atoms with Gasteiger partial charge in [0.25, 0.3) is 0 Å². The molecule has 0 unspecified atom stereocenters. The van der Waals surface area contributed by atoms with Gasteiger partial charge in [-0.3, -0.25) is 4.79 Å². The van der Waals surface area contributed by atoms with Crippen molar-refractivity contribution in [2.75, 3.05) is 0 Å². The van der Waals surface area contributed by atoms with Crippen LogP contribution in [-0.4, -0.2) is 39.2 Å². The summed E-state index contributed by atoms with van der Waals surface area (Å²) in [5.41, 5.74) is 0.830. The Bertz CT molecular complexity index is 487. The summed E-state index contributed by atoms with van der Waals surface area (Å²) >= 11 is 1.36. The number of carboxylic acid groups (broad SMARTS) is 2. The molecule has 104 valence electrons. The van der Waals surface area contributed by atoms with Crippen LogP contribution in [0.2, 0.25) is 0 Å². The van der Waals surface area contributed by atoms with E-state index in [-0.39, 0.29) is 6.54 Å². The largest absolute Gasteiger partial charge is 0.481 e. The van der Waals surface area contributed by atoms with Crippen molar-refractivity contribution >= 4 is 29.3 Å². The number of rotatable bonds is 6. The monoisotopic (exact) mass is 287 g/mol. The van der Waals surface area contributed by atoms with Crippen LogP contribution in [0.1, 0.15) is 17.1 Å². The molecule has 0 radical (unpaired) electrons. The summed E-state index contributed by atoms with van der Waals surface area (Å²) in [6, 6.07) is -2.21. The number of hydrogen-bond donors (Lipinski definition) is 4. The topological polar surface area (TPSA) is 129 Å². The number of hydrogen-bond acceptors (Lipinski definition) is 5. The summed E-state index contributed by atoms with van der Waals surface area (Å²) in [4.78, 5) is 36.7. The smallest absolute Gasteiger partial charge is 0.326 e. The molecular formula is C10H13N3O5S. The minimum Gasteiger partial charge on any atom is -0.481 e. The van der Waals surface area contributed by atoms with Crippen LogP contribution in [0, 0.1) is 6.92 Å². The molecule has 19 heavy (non-hydrogen) atoms. The normalized spacial score (nSPS) is 11.6. The lowest BCUT2D eigenvalue weighted by Crippen LogP contribution is -2.46. The van der Waals surface area contributed by atoms with E-state index in [0.29, 0.717) is 5.01 Å². The first kappa shape index (κ1) is 14.9. The van der Waals surface area contributed by atoms with Crippen LogP contribution in [0.5, 0.6) is 0 Å². The van der Waals surface area contributed by atoms with E-state index in [4.69, 9.17) is 10.2 Å². The predicted octanol–water partition coefficient (Wildman–Crippen LogP) is 0.179. The summed E-state index contributed by atoms with van der Waals surface area (Å²) in [5.74, 6) is -2.70. The Morgan fingerprint density at radius 1 is 1.42 bits per heavy atom. The Labute approximate surface area is 112 Å². The molecule has 1 atom stereocenters. The third kappa shape index (κ3) is 5.34. The van der Waals surface area contributed by atoms with E-state index < -0.39 is 30.4 Å². The van der Waals surface area contributed by atoms with E-state index in [1.54, 1.807) is 0 Å². The number of amides is 2. The fraction of sp³-hybridized carbons (Fsp3) is 0.400. The summed E-state index contributed by atoms with van der Waals surface area (Å²) in [5, 5.41) is 24.2. The number of carbonyl (C=O) groups excluding carboxylic acids is 1. The average Bonchev–Trinajstić information content (AvgIpc) is 2.71. The molecule has 0 saturated heterocycles. The molecule has 9 heteroatoms. The fourth-order valence-corrected chi connectivity index (χ4v) is 1.94. The number of aryl methyl sites for hydroxylation is 1. The Balaban J connectivity index is 2.44. The third-order valence-corrected chi connectivity index (χ3v) is 3.02. The lowest BCUT2D eigenvalue weighted by atomic mass is 10.2. The van der Waals surface area contributed by atoms with Crippen molar-refractivity contribution in [1.82, 2.24) is 15.6 Å². The van der Waals surface area contributed by atoms with Gasteiger partial charge in [0.05, 0.1) is 13.0 Å². The summed E-state index contributed by atoms with van der Waals surface area (Å²) < 4.78 is 0. The minimum absolute atomic E-state index is 0.156. The van der Waals surface area contributed by atoms with Crippen molar-refractivity contribution in [2.24, 2.45) is 0 Å². The van der Waals surface area contributed by atoms with Crippen molar-refractivity contribution in [3.63, 3.8) is 0 Å². The van der Waals surface area contributed by atoms with Gasteiger partial charge in [0.15, 0.2) is 0 Å². The number of carboxylic acids is 2. The van der Waals surface area contributed by atoms with E-state index in [0.717, 1.165) is 5.69 Å². The van der Waals surface area contributed by atoms with Gasteiger partial charge >= 0.3 is 18.0 Å². The Morgan fingerprint density at radius 2 is 2.11 bits per heavy atom. The van der Waals surface area contributed by atoms with Crippen LogP contribution >= 0.6 is 11.3 Å². The quantitative estimate of drug-likeness (QED) is 0.590. The van der Waals surface area contributed by atoms with E-state index >= 15 is 0 Å². The molecule has 8 nitrogen and oxygen atoms in total. The molecule has 4 N–H and O–H groups in total. The maximum absolute atomic E-state index is 11.4. The molecule has 1 aromatic heterocycles. The van der Waals surface area contributed by atoms with Gasteiger partial charge in [-0.15, -0.1) is 11.3 Å². The Kier molecular flexibility index (Phi) is 5.24. The summed E-state index contributed by atoms with van der Waals surface area (Å²) in [6.45, 7) is 1.97. The van der Waals surface area contributed by atoms with Gasteiger partial charge < -0.3 is 20.8 Å². The molecule has 1 aromatic rings. The number of nitrogens with zero attached hydrogens (tertiary/aromatic N) is 1. The van der Waals surface area contributed by atoms with Crippen molar-refractivity contribution in [1.29, 1.82) is 0 Å². The third-order valence-electron chi connectivity index (χ3n) is 2.05. The second-order valence-corrected chi connectivity index (χ2v) is 4.64. The van der Waals surface area contributed by atoms with Gasteiger partial charge in [-0.25, -0.2) is 14.6 Å². The molecular weight excluding hydrogens is 274 g/mol. The first-order valence-corrected chi connectivity index (χ1v) is 6.16. The number of aliphatic carboxylic acids is 2. The van der Waals surface area contributed by atoms with Crippen molar-refractivity contribution in [3.05, 3.63) is 16.1 Å². The number of aromatic nitrogens is 1. The highest BCUT2D eigenvalue weighted by Crippen LogP contribution is 2.07. The predicted molar refractivity (Wildman–Crippen MR) is 65.9 cm³/mol. The highest BCUT2D eigenvalue weighted by molar-refractivity contribution is 7.09. The molecule has 0 saturated carbocycles. The van der Waals surface area contributed by atoms with Gasteiger partial charge in [-0.05, 0) is 6.92 Å². The fourth-order valence-electron chi connectivity index (χ4n) is 1.22. The first-order chi connectivity index (χ1) is 8.88. The molecule has 0 bridgehead atoms. The van der Waals surface area contributed by atoms with Gasteiger partial charge in [0, 0.05) is 11.1 Å². The zero-order valence-corrected chi connectivity index (χ0v) is 10.9. The number of nitrogens with one attached hydrogen (secondary N) is 2. The number of carbonyl (C=O) groups is 3. The highest BCUT2D eigenvalue weighted by atomic mass is 32.1. The minimum atomic E-state index is -1.46. The van der Waals surface area contributed by atoms with Crippen LogP contribution in [0.3, 0.4) is 0 Å². The molecule has 0 aliphatic carbocycles. The van der Waals surface area contributed by atoms with Crippen molar-refractivity contribution < 1.29 is 24.6 Å². The molecule has 1 heterocycles. The van der Waals surface area contributed by atoms with Crippen LogP contribution in [0.15, 0.2) is 5.38 Å². The van der Waals surface area contributed by atoms with Crippen LogP contribution in [-0.2, 0) is 16.1 Å². The molecule has 0 fully saturated rings. The molecule has 2 amide bonds. The number of thiazole rings is 1. The first-order valence-electron chi connectivity index (χ1n) is 5.28. The second kappa shape index (κ2) is 6.69. The van der Waals surface area contributed by atoms with Crippen LogP contribution in [0.4, 0.5) is 4.79 Å². The number of urea groups is 1. The van der Waals surface area contributed by atoms with Crippen molar-refractivity contribution in [3.8, 4) is 0 Å². The standard InChI is InChI=1S/C10H13N3O5S/c1-5-4-19-7(12-5)3-11-10(18)13-6(9(16)17)2-8(14)15/h4,6H,2-3H2,1H3,(H,14,15)(H,16,17)(H2,11,13,18)/t6-/m1/s1. The molecule has 0 aromatic carbocycles. The SMILES string of the molecule is Cc1csc(CNC(=O)N[C@H](CC(=O)O)C(=O)O)n1. The van der Waals surface area contributed by atoms with Crippen LogP contribution in [0.25, 0.3) is 0 Å². The van der Waals surface area contributed by atoms with E-state index in [9.17, 15) is 14.4 Å². The van der Waals surface area contributed by atoms with Gasteiger partial charge in [-0.2, -0.15) is 0 Å². The Morgan fingerprint density at radius 3 is 2.58 bits per heavy atom. The summed E-state index contributed by atoms with van der Waals surface area (Å²) in [6.07, 6.45) is -0.681. The lowest BCUT2D eigenvalue weighted by Gasteiger charge is -2.12. The maximum atomic E-state index is 11.4. The summed E-state index contributed by atoms with van der Waals surface area (Å²) in [7, 11) is 0. The zero-order valence-electron chi connectivity index (χ0n) is 10.0. The average molecular weight is 287 g/mol. The van der Waals surface area contributed by atoms with Crippen LogP contribution < -0.4 is 10.6 Å². The van der Waals surface area contributed by atoms with Crippen molar-refractivity contribution in [2.45, 2.75) is 25.9 Å².